The van der Waals surface area contributed by atoms with Crippen LogP contribution in [-0.4, -0.2) is 24.6 Å². The maximum Gasteiger partial charge on any atom is 0.347 e. The highest BCUT2D eigenvalue weighted by molar-refractivity contribution is 6.30. The van der Waals surface area contributed by atoms with E-state index >= 15 is 0 Å². The molecule has 1 atom stereocenters. The van der Waals surface area contributed by atoms with Crippen LogP contribution in [0.15, 0.2) is 48.5 Å². The summed E-state index contributed by atoms with van der Waals surface area (Å²) in [5.74, 6) is -0.533. The van der Waals surface area contributed by atoms with E-state index in [2.05, 4.69) is 5.32 Å². The van der Waals surface area contributed by atoms with Gasteiger partial charge in [0.2, 0.25) is 0 Å². The molecule has 1 amide bonds. The first-order valence-electron chi connectivity index (χ1n) is 7.40. The van der Waals surface area contributed by atoms with Gasteiger partial charge in [0.1, 0.15) is 5.75 Å². The van der Waals surface area contributed by atoms with E-state index < -0.39 is 18.0 Å². The highest BCUT2D eigenvalue weighted by Gasteiger charge is 2.18. The van der Waals surface area contributed by atoms with Crippen molar-refractivity contribution >= 4 is 29.2 Å². The largest absolute Gasteiger partial charge is 0.479 e. The molecule has 0 unspecified atom stereocenters. The lowest BCUT2D eigenvalue weighted by molar-refractivity contribution is -0.153. The molecule has 0 saturated heterocycles. The molecule has 0 radical (unpaired) electrons. The summed E-state index contributed by atoms with van der Waals surface area (Å²) in [4.78, 5) is 23.7. The van der Waals surface area contributed by atoms with Crippen molar-refractivity contribution in [1.29, 1.82) is 0 Å². The normalized spacial score (nSPS) is 11.5. The second-order valence-electron chi connectivity index (χ2n) is 5.18. The standard InChI is InChI=1S/C18H18ClNO4/c1-12-5-3-4-6-16(12)20-17(21)11-23-18(22)13(2)24-15-9-7-14(19)8-10-15/h3-10,13H,11H2,1-2H3,(H,20,21)/t13-/m0/s1. The van der Waals surface area contributed by atoms with Gasteiger partial charge in [-0.15, -0.1) is 0 Å². The van der Waals surface area contributed by atoms with Crippen molar-refractivity contribution < 1.29 is 19.1 Å². The van der Waals surface area contributed by atoms with Crippen LogP contribution in [0.4, 0.5) is 5.69 Å². The quantitative estimate of drug-likeness (QED) is 0.811. The van der Waals surface area contributed by atoms with Crippen LogP contribution in [0.25, 0.3) is 0 Å². The molecule has 1 N–H and O–H groups in total. The Balaban J connectivity index is 1.80. The second kappa shape index (κ2) is 8.36. The summed E-state index contributed by atoms with van der Waals surface area (Å²) in [5.41, 5.74) is 1.61. The molecule has 0 spiro atoms. The molecule has 5 nitrogen and oxygen atoms in total. The first-order chi connectivity index (χ1) is 11.5. The Hall–Kier alpha value is -2.53. The molecule has 0 fully saturated rings. The summed E-state index contributed by atoms with van der Waals surface area (Å²) in [5, 5.41) is 3.26. The molecule has 2 aromatic carbocycles. The molecule has 6 heteroatoms. The van der Waals surface area contributed by atoms with Gasteiger partial charge in [-0.25, -0.2) is 4.79 Å². The van der Waals surface area contributed by atoms with Crippen LogP contribution < -0.4 is 10.1 Å². The van der Waals surface area contributed by atoms with E-state index in [9.17, 15) is 9.59 Å². The maximum atomic E-state index is 11.9. The maximum absolute atomic E-state index is 11.9. The average Bonchev–Trinajstić information content (AvgIpc) is 2.57. The van der Waals surface area contributed by atoms with Crippen molar-refractivity contribution in [2.24, 2.45) is 0 Å². The zero-order valence-corrected chi connectivity index (χ0v) is 14.2. The lowest BCUT2D eigenvalue weighted by Gasteiger charge is -2.14. The van der Waals surface area contributed by atoms with Crippen LogP contribution in [0.2, 0.25) is 5.02 Å². The van der Waals surface area contributed by atoms with Crippen molar-refractivity contribution in [3.63, 3.8) is 0 Å². The van der Waals surface area contributed by atoms with Crippen LogP contribution in [-0.2, 0) is 14.3 Å². The van der Waals surface area contributed by atoms with Crippen molar-refractivity contribution in [1.82, 2.24) is 0 Å². The zero-order valence-electron chi connectivity index (χ0n) is 13.4. The fourth-order valence-electron chi connectivity index (χ4n) is 1.92. The predicted molar refractivity (Wildman–Crippen MR) is 92.3 cm³/mol. The molecular formula is C18H18ClNO4. The molecule has 2 aromatic rings. The molecular weight excluding hydrogens is 330 g/mol. The third kappa shape index (κ3) is 5.28. The Kier molecular flexibility index (Phi) is 6.21. The van der Waals surface area contributed by atoms with E-state index in [0.717, 1.165) is 5.56 Å². The fourth-order valence-corrected chi connectivity index (χ4v) is 2.04. The number of hydrogen-bond acceptors (Lipinski definition) is 4. The van der Waals surface area contributed by atoms with Crippen LogP contribution >= 0.6 is 11.6 Å². The molecule has 0 saturated carbocycles. The summed E-state index contributed by atoms with van der Waals surface area (Å²) in [6.45, 7) is 3.06. The van der Waals surface area contributed by atoms with E-state index in [1.54, 1.807) is 37.3 Å². The van der Waals surface area contributed by atoms with Gasteiger partial charge in [-0.05, 0) is 49.7 Å². The Bertz CT molecular complexity index is 715. The number of para-hydroxylation sites is 1. The molecule has 0 bridgehead atoms. The topological polar surface area (TPSA) is 64.6 Å². The van der Waals surface area contributed by atoms with Crippen LogP contribution in [0.5, 0.6) is 5.75 Å². The van der Waals surface area contributed by atoms with E-state index in [0.29, 0.717) is 16.5 Å². The Labute approximate surface area is 145 Å². The number of carbonyl (C=O) groups is 2. The highest BCUT2D eigenvalue weighted by atomic mass is 35.5. The van der Waals surface area contributed by atoms with Crippen LogP contribution in [0.1, 0.15) is 12.5 Å². The Morgan fingerprint density at radius 1 is 1.12 bits per heavy atom. The summed E-state index contributed by atoms with van der Waals surface area (Å²) in [7, 11) is 0. The van der Waals surface area contributed by atoms with Crippen LogP contribution in [0.3, 0.4) is 0 Å². The van der Waals surface area contributed by atoms with Crippen molar-refractivity contribution in [3.8, 4) is 5.75 Å². The van der Waals surface area contributed by atoms with Gasteiger partial charge in [0.15, 0.2) is 12.7 Å². The van der Waals surface area contributed by atoms with E-state index in [-0.39, 0.29) is 6.61 Å². The molecule has 0 heterocycles. The van der Waals surface area contributed by atoms with Gasteiger partial charge in [0.25, 0.3) is 5.91 Å². The lowest BCUT2D eigenvalue weighted by atomic mass is 10.2. The molecule has 0 aliphatic rings. The SMILES string of the molecule is Cc1ccccc1NC(=O)COC(=O)[C@H](C)Oc1ccc(Cl)cc1. The highest BCUT2D eigenvalue weighted by Crippen LogP contribution is 2.17. The number of rotatable bonds is 6. The summed E-state index contributed by atoms with van der Waals surface area (Å²) >= 11 is 5.78. The molecule has 0 aliphatic heterocycles. The third-order valence-electron chi connectivity index (χ3n) is 3.22. The monoisotopic (exact) mass is 347 g/mol. The first kappa shape index (κ1) is 17.8. The number of esters is 1. The third-order valence-corrected chi connectivity index (χ3v) is 3.48. The minimum absolute atomic E-state index is 0.374. The summed E-state index contributed by atoms with van der Waals surface area (Å²) in [6, 6.07) is 14.0. The molecule has 0 aliphatic carbocycles. The number of anilines is 1. The number of ether oxygens (including phenoxy) is 2. The van der Waals surface area contributed by atoms with E-state index in [4.69, 9.17) is 21.1 Å². The van der Waals surface area contributed by atoms with Gasteiger partial charge < -0.3 is 14.8 Å². The fraction of sp³-hybridized carbons (Fsp3) is 0.222. The van der Waals surface area contributed by atoms with E-state index in [1.807, 2.05) is 25.1 Å². The van der Waals surface area contributed by atoms with Gasteiger partial charge in [-0.1, -0.05) is 29.8 Å². The number of carbonyl (C=O) groups excluding carboxylic acids is 2. The number of amides is 1. The Morgan fingerprint density at radius 3 is 2.46 bits per heavy atom. The van der Waals surface area contributed by atoms with E-state index in [1.165, 1.54) is 0 Å². The molecule has 0 aromatic heterocycles. The molecule has 126 valence electrons. The number of aryl methyl sites for hydroxylation is 1. The van der Waals surface area contributed by atoms with Gasteiger partial charge in [0.05, 0.1) is 0 Å². The molecule has 24 heavy (non-hydrogen) atoms. The summed E-state index contributed by atoms with van der Waals surface area (Å²) < 4.78 is 10.4. The number of halogens is 1. The zero-order chi connectivity index (χ0) is 17.5. The van der Waals surface area contributed by atoms with Crippen molar-refractivity contribution in [3.05, 3.63) is 59.1 Å². The second-order valence-corrected chi connectivity index (χ2v) is 5.62. The number of hydrogen-bond donors (Lipinski definition) is 1. The van der Waals surface area contributed by atoms with Crippen molar-refractivity contribution in [2.45, 2.75) is 20.0 Å². The lowest BCUT2D eigenvalue weighted by Crippen LogP contribution is -2.29. The van der Waals surface area contributed by atoms with Gasteiger partial charge >= 0.3 is 5.97 Å². The van der Waals surface area contributed by atoms with Gasteiger partial charge in [0, 0.05) is 10.7 Å². The minimum atomic E-state index is -0.836. The van der Waals surface area contributed by atoms with Crippen molar-refractivity contribution in [2.75, 3.05) is 11.9 Å². The first-order valence-corrected chi connectivity index (χ1v) is 7.78. The smallest absolute Gasteiger partial charge is 0.347 e. The Morgan fingerprint density at radius 2 is 1.79 bits per heavy atom. The minimum Gasteiger partial charge on any atom is -0.479 e. The summed E-state index contributed by atoms with van der Waals surface area (Å²) in [6.07, 6.45) is -0.836. The van der Waals surface area contributed by atoms with Gasteiger partial charge in [-0.3, -0.25) is 4.79 Å². The number of benzene rings is 2. The molecule has 2 rings (SSSR count). The van der Waals surface area contributed by atoms with Crippen LogP contribution in [0, 0.1) is 6.92 Å². The average molecular weight is 348 g/mol. The number of nitrogens with one attached hydrogen (secondary N) is 1. The predicted octanol–water partition coefficient (Wildman–Crippen LogP) is 3.60. The van der Waals surface area contributed by atoms with Gasteiger partial charge in [-0.2, -0.15) is 0 Å².